The summed E-state index contributed by atoms with van der Waals surface area (Å²) in [7, 11) is 0. The second-order valence-electron chi connectivity index (χ2n) is 6.58. The number of hydrazone groups is 1. The second-order valence-corrected chi connectivity index (χ2v) is 6.58. The zero-order valence-corrected chi connectivity index (χ0v) is 15.1. The van der Waals surface area contributed by atoms with Crippen LogP contribution in [0, 0.1) is 0 Å². The van der Waals surface area contributed by atoms with E-state index in [2.05, 4.69) is 26.3 Å². The minimum Gasteiger partial charge on any atom is -0.355 e. The van der Waals surface area contributed by atoms with E-state index in [1.54, 1.807) is 6.07 Å². The van der Waals surface area contributed by atoms with Crippen molar-refractivity contribution < 1.29 is 9.32 Å². The molecule has 9 heteroatoms. The molecule has 3 aromatic rings. The first-order valence-electron chi connectivity index (χ1n) is 8.98. The lowest BCUT2D eigenvalue weighted by Gasteiger charge is -2.11. The number of benzene rings is 2. The minimum absolute atomic E-state index is 0.0112. The zero-order chi connectivity index (χ0) is 19.5. The van der Waals surface area contributed by atoms with Gasteiger partial charge in [-0.1, -0.05) is 5.16 Å². The van der Waals surface area contributed by atoms with Gasteiger partial charge in [-0.3, -0.25) is 4.79 Å². The molecule has 1 unspecified atom stereocenters. The first-order chi connectivity index (χ1) is 13.7. The lowest BCUT2D eigenvalue weighted by molar-refractivity contribution is -0.117. The van der Waals surface area contributed by atoms with Gasteiger partial charge in [-0.2, -0.15) is 5.10 Å². The van der Waals surface area contributed by atoms with Gasteiger partial charge in [0.05, 0.1) is 11.4 Å². The predicted molar refractivity (Wildman–Crippen MR) is 107 cm³/mol. The van der Waals surface area contributed by atoms with Gasteiger partial charge in [0.1, 0.15) is 5.52 Å². The van der Waals surface area contributed by atoms with Crippen LogP contribution in [0.1, 0.15) is 18.4 Å². The largest absolute Gasteiger partial charge is 0.355 e. The highest BCUT2D eigenvalue weighted by Crippen LogP contribution is 2.30. The molecule has 1 aliphatic heterocycles. The van der Waals surface area contributed by atoms with Crippen LogP contribution in [0.5, 0.6) is 0 Å². The number of rotatable bonds is 4. The van der Waals surface area contributed by atoms with Crippen LogP contribution in [0.3, 0.4) is 0 Å². The number of hydrazine groups is 1. The molecule has 28 heavy (non-hydrogen) atoms. The Balaban J connectivity index is 1.59. The van der Waals surface area contributed by atoms with Gasteiger partial charge in [-0.15, -0.1) is 0 Å². The summed E-state index contributed by atoms with van der Waals surface area (Å²) in [6, 6.07) is 12.8. The molecule has 1 aromatic heterocycles. The molecule has 4 rings (SSSR count). The van der Waals surface area contributed by atoms with E-state index in [1.165, 1.54) is 0 Å². The number of carbonyl (C=O) groups excluding carboxylic acids is 1. The summed E-state index contributed by atoms with van der Waals surface area (Å²) in [4.78, 5) is 12.2. The van der Waals surface area contributed by atoms with Gasteiger partial charge in [-0.25, -0.2) is 5.84 Å². The van der Waals surface area contributed by atoms with Gasteiger partial charge in [0.25, 0.3) is 0 Å². The average Bonchev–Trinajstić information content (AvgIpc) is 3.39. The first kappa shape index (κ1) is 18.0. The number of fused-ring (bicyclic) bond motifs is 1. The number of nitrogens with zero attached hydrogens (tertiary/aromatic N) is 2. The Bertz CT molecular complexity index is 1020. The van der Waals surface area contributed by atoms with E-state index in [4.69, 9.17) is 16.2 Å². The molecule has 144 valence electrons. The Morgan fingerprint density at radius 3 is 2.75 bits per heavy atom. The smallest absolute Gasteiger partial charge is 0.241 e. The molecular weight excluding hydrogens is 358 g/mol. The molecule has 2 aromatic carbocycles. The normalized spacial score (nSPS) is 17.0. The Labute approximate surface area is 161 Å². The molecule has 0 saturated carbocycles. The summed E-state index contributed by atoms with van der Waals surface area (Å²) in [6.07, 6.45) is 1.88. The van der Waals surface area contributed by atoms with Gasteiger partial charge in [0, 0.05) is 16.8 Å². The average molecular weight is 379 g/mol. The van der Waals surface area contributed by atoms with Crippen molar-refractivity contribution >= 4 is 28.3 Å². The Hall–Kier alpha value is -3.43. The van der Waals surface area contributed by atoms with Gasteiger partial charge in [-0.05, 0) is 61.9 Å². The van der Waals surface area contributed by atoms with Crippen molar-refractivity contribution in [2.24, 2.45) is 16.8 Å². The lowest BCUT2D eigenvalue weighted by Crippen LogP contribution is -2.35. The maximum atomic E-state index is 12.2. The number of nitrogens with one attached hydrogen (secondary N) is 3. The summed E-state index contributed by atoms with van der Waals surface area (Å²) in [5.41, 5.74) is 5.45. The fourth-order valence-electron chi connectivity index (χ4n) is 3.33. The predicted octanol–water partition coefficient (Wildman–Crippen LogP) is 1.27. The third-order valence-corrected chi connectivity index (χ3v) is 4.81. The van der Waals surface area contributed by atoms with Crippen LogP contribution in [0.15, 0.2) is 52.1 Å². The van der Waals surface area contributed by atoms with Crippen molar-refractivity contribution in [1.29, 1.82) is 0 Å². The number of amides is 1. The molecular formula is C19H21N7O2. The highest BCUT2D eigenvalue weighted by molar-refractivity contribution is 6.03. The molecule has 1 fully saturated rings. The lowest BCUT2D eigenvalue weighted by atomic mass is 10.1. The van der Waals surface area contributed by atoms with Crippen LogP contribution in [-0.2, 0) is 4.79 Å². The fraction of sp³-hybridized carbons (Fsp3) is 0.211. The van der Waals surface area contributed by atoms with E-state index in [1.807, 2.05) is 36.4 Å². The van der Waals surface area contributed by atoms with Crippen LogP contribution >= 0.6 is 0 Å². The molecule has 0 radical (unpaired) electrons. The molecule has 1 atom stereocenters. The van der Waals surface area contributed by atoms with Crippen molar-refractivity contribution in [3.05, 3.63) is 48.0 Å². The molecule has 0 spiro atoms. The van der Waals surface area contributed by atoms with Crippen molar-refractivity contribution in [2.75, 3.05) is 11.9 Å². The first-order valence-corrected chi connectivity index (χ1v) is 8.98. The van der Waals surface area contributed by atoms with Gasteiger partial charge >= 0.3 is 0 Å². The van der Waals surface area contributed by atoms with Gasteiger partial charge < -0.3 is 26.4 Å². The van der Waals surface area contributed by atoms with Crippen LogP contribution in [0.2, 0.25) is 0 Å². The minimum atomic E-state index is -0.120. The molecule has 1 saturated heterocycles. The van der Waals surface area contributed by atoms with Gasteiger partial charge in [0.2, 0.25) is 5.91 Å². The number of anilines is 1. The van der Waals surface area contributed by atoms with Crippen LogP contribution < -0.4 is 27.7 Å². The van der Waals surface area contributed by atoms with Crippen molar-refractivity contribution in [2.45, 2.75) is 18.9 Å². The fourth-order valence-corrected chi connectivity index (χ4v) is 3.33. The monoisotopic (exact) mass is 379 g/mol. The Morgan fingerprint density at radius 1 is 1.25 bits per heavy atom. The number of amidine groups is 1. The van der Waals surface area contributed by atoms with E-state index < -0.39 is 0 Å². The van der Waals surface area contributed by atoms with Crippen LogP contribution in [0.25, 0.3) is 22.2 Å². The Morgan fingerprint density at radius 2 is 2.07 bits per heavy atom. The second kappa shape index (κ2) is 7.67. The number of hydrogen-bond donors (Lipinski definition) is 5. The third-order valence-electron chi connectivity index (χ3n) is 4.81. The highest BCUT2D eigenvalue weighted by atomic mass is 16.5. The highest BCUT2D eigenvalue weighted by Gasteiger charge is 2.22. The summed E-state index contributed by atoms with van der Waals surface area (Å²) >= 11 is 0. The maximum Gasteiger partial charge on any atom is 0.241 e. The van der Waals surface area contributed by atoms with Crippen molar-refractivity contribution in [3.63, 3.8) is 0 Å². The number of carbonyl (C=O) groups is 1. The summed E-state index contributed by atoms with van der Waals surface area (Å²) in [6.45, 7) is 0.883. The maximum absolute atomic E-state index is 12.2. The zero-order valence-electron chi connectivity index (χ0n) is 15.1. The van der Waals surface area contributed by atoms with E-state index in [-0.39, 0.29) is 11.9 Å². The van der Waals surface area contributed by atoms with E-state index >= 15 is 0 Å². The van der Waals surface area contributed by atoms with Crippen LogP contribution in [-0.4, -0.2) is 29.5 Å². The summed E-state index contributed by atoms with van der Waals surface area (Å²) in [5, 5.41) is 14.6. The number of hydrogen-bond acceptors (Lipinski definition) is 7. The molecule has 9 nitrogen and oxygen atoms in total. The van der Waals surface area contributed by atoms with Crippen molar-refractivity contribution in [3.8, 4) is 11.3 Å². The quantitative estimate of drug-likeness (QED) is 0.199. The molecule has 0 aliphatic carbocycles. The summed E-state index contributed by atoms with van der Waals surface area (Å²) in [5.74, 6) is 11.8. The number of nitrogens with two attached hydrogens (primary N) is 2. The molecule has 0 bridgehead atoms. The number of aromatic nitrogens is 1. The van der Waals surface area contributed by atoms with E-state index in [0.29, 0.717) is 17.1 Å². The standard InChI is InChI=1S/C19H21N7O2/c20-24-18(25-21)12-5-8-15-14(10-12)17(28-26-15)11-3-6-13(7-4-11)23-19(27)16-2-1-9-22-16/h3-8,10,16,22H,1-2,9,20-21H2,(H,23,27)(H,24,25). The molecule has 1 amide bonds. The van der Waals surface area contributed by atoms with E-state index in [9.17, 15) is 4.79 Å². The molecule has 7 N–H and O–H groups in total. The summed E-state index contributed by atoms with van der Waals surface area (Å²) < 4.78 is 5.54. The van der Waals surface area contributed by atoms with Crippen LogP contribution in [0.4, 0.5) is 5.69 Å². The molecule has 1 aliphatic rings. The molecule has 2 heterocycles. The SMILES string of the molecule is N/N=C(\NN)c1ccc2noc(-c3ccc(NC(=O)C4CCCN4)cc3)c2c1. The third kappa shape index (κ3) is 3.40. The van der Waals surface area contributed by atoms with E-state index in [0.717, 1.165) is 41.6 Å². The topological polar surface area (TPSA) is 144 Å². The Kier molecular flexibility index (Phi) is 4.92. The van der Waals surface area contributed by atoms with Crippen molar-refractivity contribution in [1.82, 2.24) is 15.9 Å². The van der Waals surface area contributed by atoms with Gasteiger partial charge in [0.15, 0.2) is 11.6 Å².